The number of aryl methyl sites for hydroxylation is 1. The summed E-state index contributed by atoms with van der Waals surface area (Å²) in [6, 6.07) is 7.04. The summed E-state index contributed by atoms with van der Waals surface area (Å²) >= 11 is 0. The van der Waals surface area contributed by atoms with Crippen LogP contribution < -0.4 is 4.90 Å². The van der Waals surface area contributed by atoms with Crippen LogP contribution in [0.5, 0.6) is 0 Å². The molecule has 1 aromatic carbocycles. The Morgan fingerprint density at radius 1 is 1.26 bits per heavy atom. The van der Waals surface area contributed by atoms with Crippen molar-refractivity contribution in [3.8, 4) is 0 Å². The Balaban J connectivity index is 1.80. The van der Waals surface area contributed by atoms with Crippen molar-refractivity contribution in [1.29, 1.82) is 0 Å². The van der Waals surface area contributed by atoms with Crippen molar-refractivity contribution < 1.29 is 9.72 Å². The molecule has 0 bridgehead atoms. The van der Waals surface area contributed by atoms with Crippen molar-refractivity contribution in [2.24, 2.45) is 5.92 Å². The summed E-state index contributed by atoms with van der Waals surface area (Å²) in [5, 5.41) is 12.1. The number of hydrogen-bond acceptors (Lipinski definition) is 5. The number of piperazine rings is 1. The monoisotopic (exact) mass is 370 g/mol. The Bertz CT molecular complexity index is 858. The van der Waals surface area contributed by atoms with Gasteiger partial charge in [-0.2, -0.15) is 0 Å². The summed E-state index contributed by atoms with van der Waals surface area (Å²) in [5.41, 5.74) is 2.16. The predicted molar refractivity (Wildman–Crippen MR) is 106 cm³/mol. The molecule has 1 amide bonds. The fourth-order valence-corrected chi connectivity index (χ4v) is 3.52. The smallest absolute Gasteiger partial charge is 0.295 e. The van der Waals surface area contributed by atoms with Gasteiger partial charge in [0.25, 0.3) is 5.69 Å². The molecular formula is C20H26N4O3. The van der Waals surface area contributed by atoms with E-state index in [0.717, 1.165) is 23.2 Å². The second-order valence-corrected chi connectivity index (χ2v) is 7.51. The van der Waals surface area contributed by atoms with Crippen molar-refractivity contribution in [1.82, 2.24) is 9.88 Å². The van der Waals surface area contributed by atoms with Gasteiger partial charge in [0, 0.05) is 55.4 Å². The summed E-state index contributed by atoms with van der Waals surface area (Å²) in [4.78, 5) is 31.9. The number of benzene rings is 1. The minimum Gasteiger partial charge on any atom is -0.367 e. The molecule has 2 heterocycles. The van der Waals surface area contributed by atoms with Gasteiger partial charge in [-0.05, 0) is 25.3 Å². The molecule has 0 N–H and O–H groups in total. The molecule has 1 aromatic heterocycles. The van der Waals surface area contributed by atoms with Crippen LogP contribution in [0.2, 0.25) is 0 Å². The summed E-state index contributed by atoms with van der Waals surface area (Å²) in [7, 11) is 0. The number of para-hydroxylation sites is 1. The Morgan fingerprint density at radius 2 is 1.96 bits per heavy atom. The minimum absolute atomic E-state index is 0.0277. The largest absolute Gasteiger partial charge is 0.367 e. The van der Waals surface area contributed by atoms with Crippen LogP contribution in [-0.4, -0.2) is 46.9 Å². The molecular weight excluding hydrogens is 344 g/mol. The van der Waals surface area contributed by atoms with Crippen LogP contribution in [0.3, 0.4) is 0 Å². The molecule has 1 aliphatic rings. The number of aromatic nitrogens is 1. The highest BCUT2D eigenvalue weighted by Gasteiger charge is 2.24. The minimum atomic E-state index is -0.385. The zero-order valence-corrected chi connectivity index (χ0v) is 16.1. The van der Waals surface area contributed by atoms with E-state index in [1.165, 1.54) is 6.07 Å². The highest BCUT2D eigenvalue weighted by atomic mass is 16.6. The van der Waals surface area contributed by atoms with E-state index in [1.54, 1.807) is 6.07 Å². The molecule has 0 spiro atoms. The van der Waals surface area contributed by atoms with Crippen LogP contribution in [0.4, 0.5) is 11.4 Å². The molecule has 7 heteroatoms. The summed E-state index contributed by atoms with van der Waals surface area (Å²) in [6.07, 6.45) is 1.51. The zero-order chi connectivity index (χ0) is 19.6. The van der Waals surface area contributed by atoms with E-state index in [9.17, 15) is 14.9 Å². The second kappa shape index (κ2) is 7.90. The first-order valence-electron chi connectivity index (χ1n) is 9.44. The number of nitro groups is 1. The lowest BCUT2D eigenvalue weighted by Gasteiger charge is -2.36. The number of nitro benzene ring substituents is 1. The lowest BCUT2D eigenvalue weighted by molar-refractivity contribution is -0.383. The Labute approximate surface area is 159 Å². The number of fused-ring (bicyclic) bond motifs is 1. The van der Waals surface area contributed by atoms with Gasteiger partial charge in [-0.25, -0.2) is 4.98 Å². The van der Waals surface area contributed by atoms with E-state index in [0.29, 0.717) is 44.0 Å². The fourth-order valence-electron chi connectivity index (χ4n) is 3.52. The number of hydrogen-bond donors (Lipinski definition) is 0. The average molecular weight is 370 g/mol. The van der Waals surface area contributed by atoms with E-state index in [1.807, 2.05) is 24.0 Å². The lowest BCUT2D eigenvalue weighted by atomic mass is 10.1. The second-order valence-electron chi connectivity index (χ2n) is 7.51. The summed E-state index contributed by atoms with van der Waals surface area (Å²) < 4.78 is 0. The quantitative estimate of drug-likeness (QED) is 0.594. The van der Waals surface area contributed by atoms with Crippen LogP contribution in [-0.2, 0) is 4.79 Å². The van der Waals surface area contributed by atoms with Crippen LogP contribution in [0.1, 0.15) is 32.4 Å². The molecule has 0 unspecified atom stereocenters. The molecule has 0 saturated carbocycles. The van der Waals surface area contributed by atoms with Gasteiger partial charge < -0.3 is 9.80 Å². The molecule has 27 heavy (non-hydrogen) atoms. The molecule has 3 rings (SSSR count). The van der Waals surface area contributed by atoms with E-state index in [-0.39, 0.29) is 16.5 Å². The number of pyridine rings is 1. The first-order chi connectivity index (χ1) is 12.9. The first kappa shape index (κ1) is 19.1. The maximum Gasteiger partial charge on any atom is 0.295 e. The first-order valence-corrected chi connectivity index (χ1v) is 9.44. The van der Waals surface area contributed by atoms with Gasteiger partial charge in [-0.3, -0.25) is 14.9 Å². The molecule has 1 aliphatic heterocycles. The molecule has 144 valence electrons. The number of nitrogens with zero attached hydrogens (tertiary/aromatic N) is 4. The third-order valence-corrected chi connectivity index (χ3v) is 5.03. The topological polar surface area (TPSA) is 79.6 Å². The number of non-ortho nitro benzene ring substituents is 1. The van der Waals surface area contributed by atoms with Gasteiger partial charge in [-0.1, -0.05) is 26.0 Å². The van der Waals surface area contributed by atoms with Gasteiger partial charge >= 0.3 is 0 Å². The van der Waals surface area contributed by atoms with Crippen molar-refractivity contribution >= 4 is 28.2 Å². The predicted octanol–water partition coefficient (Wildman–Crippen LogP) is 3.54. The molecule has 2 aromatic rings. The van der Waals surface area contributed by atoms with E-state index < -0.39 is 0 Å². The maximum absolute atomic E-state index is 12.4. The van der Waals surface area contributed by atoms with Crippen LogP contribution in [0, 0.1) is 23.0 Å². The summed E-state index contributed by atoms with van der Waals surface area (Å²) in [6.45, 7) is 8.89. The number of anilines is 1. The standard InChI is InChI=1S/C20H26N4O3/c1-14(2)7-8-19(25)23-11-9-22(10-12-23)18-13-15(3)21-20-16(18)5-4-6-17(20)24(26)27/h4-6,13-14H,7-12H2,1-3H3. The van der Waals surface area contributed by atoms with Crippen LogP contribution in [0.25, 0.3) is 10.9 Å². The van der Waals surface area contributed by atoms with Gasteiger partial charge in [0.05, 0.1) is 4.92 Å². The highest BCUT2D eigenvalue weighted by Crippen LogP contribution is 2.32. The Morgan fingerprint density at radius 3 is 2.59 bits per heavy atom. The van der Waals surface area contributed by atoms with Crippen molar-refractivity contribution in [2.45, 2.75) is 33.6 Å². The molecule has 7 nitrogen and oxygen atoms in total. The normalized spacial score (nSPS) is 14.8. The van der Waals surface area contributed by atoms with Crippen LogP contribution >= 0.6 is 0 Å². The Kier molecular flexibility index (Phi) is 5.58. The van der Waals surface area contributed by atoms with Gasteiger partial charge in [0.15, 0.2) is 5.52 Å². The number of amides is 1. The van der Waals surface area contributed by atoms with Crippen LogP contribution in [0.15, 0.2) is 24.3 Å². The number of carbonyl (C=O) groups excluding carboxylic acids is 1. The van der Waals surface area contributed by atoms with E-state index in [4.69, 9.17) is 0 Å². The van der Waals surface area contributed by atoms with Crippen molar-refractivity contribution in [3.05, 3.63) is 40.1 Å². The lowest BCUT2D eigenvalue weighted by Crippen LogP contribution is -2.48. The SMILES string of the molecule is Cc1cc(N2CCN(C(=O)CCC(C)C)CC2)c2cccc([N+](=O)[O-])c2n1. The van der Waals surface area contributed by atoms with E-state index in [2.05, 4.69) is 23.7 Å². The molecule has 1 fully saturated rings. The number of rotatable bonds is 5. The molecule has 0 atom stereocenters. The number of carbonyl (C=O) groups is 1. The van der Waals surface area contributed by atoms with Gasteiger partial charge in [0.2, 0.25) is 5.91 Å². The third kappa shape index (κ3) is 4.18. The fraction of sp³-hybridized carbons (Fsp3) is 0.500. The van der Waals surface area contributed by atoms with E-state index >= 15 is 0 Å². The third-order valence-electron chi connectivity index (χ3n) is 5.03. The van der Waals surface area contributed by atoms with Gasteiger partial charge in [-0.15, -0.1) is 0 Å². The molecule has 0 aliphatic carbocycles. The van der Waals surface area contributed by atoms with Crippen molar-refractivity contribution in [3.63, 3.8) is 0 Å². The average Bonchev–Trinajstić information content (AvgIpc) is 2.65. The van der Waals surface area contributed by atoms with Crippen molar-refractivity contribution in [2.75, 3.05) is 31.1 Å². The summed E-state index contributed by atoms with van der Waals surface area (Å²) in [5.74, 6) is 0.743. The zero-order valence-electron chi connectivity index (χ0n) is 16.1. The van der Waals surface area contributed by atoms with Gasteiger partial charge in [0.1, 0.15) is 0 Å². The molecule has 0 radical (unpaired) electrons. The maximum atomic E-state index is 12.4. The Hall–Kier alpha value is -2.70. The molecule has 1 saturated heterocycles. The highest BCUT2D eigenvalue weighted by molar-refractivity contribution is 5.97.